The van der Waals surface area contributed by atoms with Crippen LogP contribution in [-0.4, -0.2) is 14.9 Å². The third kappa shape index (κ3) is 16.8. The first kappa shape index (κ1) is 27.2. The largest absolute Gasteiger partial charge is 0.417 e. The normalized spacial score (nSPS) is 12.0. The average molecular weight is 399 g/mol. The lowest BCUT2D eigenvalue weighted by Crippen LogP contribution is -2.38. The SMILES string of the molecule is CCCCCCCO[Si](CCCCCC)(CCCCCC)CCCCCC. The summed E-state index contributed by atoms with van der Waals surface area (Å²) in [6.45, 7) is 10.3. The maximum Gasteiger partial charge on any atom is 0.192 e. The van der Waals surface area contributed by atoms with E-state index in [1.165, 1.54) is 127 Å². The van der Waals surface area contributed by atoms with Gasteiger partial charge in [-0.3, -0.25) is 0 Å². The molecule has 0 atom stereocenters. The molecule has 164 valence electrons. The third-order valence-corrected chi connectivity index (χ3v) is 10.7. The fourth-order valence-corrected chi connectivity index (χ4v) is 8.65. The van der Waals surface area contributed by atoms with E-state index in [-0.39, 0.29) is 0 Å². The van der Waals surface area contributed by atoms with Gasteiger partial charge in [-0.25, -0.2) is 0 Å². The second-order valence-corrected chi connectivity index (χ2v) is 13.0. The lowest BCUT2D eigenvalue weighted by atomic mass is 10.2. The Bertz CT molecular complexity index is 248. The van der Waals surface area contributed by atoms with Gasteiger partial charge >= 0.3 is 0 Å². The average Bonchev–Trinajstić information content (AvgIpc) is 2.68. The Morgan fingerprint density at radius 1 is 0.407 bits per heavy atom. The van der Waals surface area contributed by atoms with Crippen molar-refractivity contribution in [1.29, 1.82) is 0 Å². The van der Waals surface area contributed by atoms with E-state index in [1.807, 2.05) is 0 Å². The molecule has 0 aromatic rings. The summed E-state index contributed by atoms with van der Waals surface area (Å²) in [6, 6.07) is 4.33. The fourth-order valence-electron chi connectivity index (χ4n) is 4.21. The topological polar surface area (TPSA) is 9.23 Å². The van der Waals surface area contributed by atoms with Crippen molar-refractivity contribution in [2.75, 3.05) is 6.61 Å². The lowest BCUT2D eigenvalue weighted by molar-refractivity contribution is 0.281. The van der Waals surface area contributed by atoms with E-state index in [4.69, 9.17) is 4.43 Å². The molecular formula is C25H54OSi. The van der Waals surface area contributed by atoms with Crippen LogP contribution in [0.1, 0.15) is 137 Å². The minimum Gasteiger partial charge on any atom is -0.417 e. The molecule has 0 unspecified atom stereocenters. The Hall–Kier alpha value is 0.177. The molecule has 0 fully saturated rings. The second-order valence-electron chi connectivity index (χ2n) is 8.88. The minimum atomic E-state index is -1.51. The molecule has 0 amide bonds. The van der Waals surface area contributed by atoms with E-state index in [1.54, 1.807) is 0 Å². The molecule has 0 bridgehead atoms. The van der Waals surface area contributed by atoms with Gasteiger partial charge in [0.15, 0.2) is 8.32 Å². The molecule has 0 spiro atoms. The summed E-state index contributed by atoms with van der Waals surface area (Å²) in [6.07, 6.45) is 23.6. The first-order chi connectivity index (χ1) is 13.2. The molecule has 0 saturated carbocycles. The molecule has 0 aliphatic heterocycles. The Labute approximate surface area is 174 Å². The molecule has 0 rings (SSSR count). The van der Waals surface area contributed by atoms with Crippen LogP contribution in [0.25, 0.3) is 0 Å². The van der Waals surface area contributed by atoms with Gasteiger partial charge in [0.1, 0.15) is 0 Å². The molecule has 0 aliphatic carbocycles. The van der Waals surface area contributed by atoms with E-state index in [9.17, 15) is 0 Å². The Balaban J connectivity index is 4.61. The van der Waals surface area contributed by atoms with Crippen LogP contribution in [0.2, 0.25) is 18.1 Å². The van der Waals surface area contributed by atoms with E-state index in [2.05, 4.69) is 27.7 Å². The second kappa shape index (κ2) is 20.9. The van der Waals surface area contributed by atoms with Crippen LogP contribution in [-0.2, 0) is 4.43 Å². The predicted octanol–water partition coefficient (Wildman–Crippen LogP) is 9.66. The Morgan fingerprint density at radius 3 is 1.11 bits per heavy atom. The molecule has 0 radical (unpaired) electrons. The molecule has 0 aromatic heterocycles. The summed E-state index contributed by atoms with van der Waals surface area (Å²) >= 11 is 0. The smallest absolute Gasteiger partial charge is 0.192 e. The van der Waals surface area contributed by atoms with Gasteiger partial charge < -0.3 is 4.43 Å². The highest BCUT2D eigenvalue weighted by Gasteiger charge is 2.33. The van der Waals surface area contributed by atoms with Crippen LogP contribution in [0.5, 0.6) is 0 Å². The van der Waals surface area contributed by atoms with Crippen molar-refractivity contribution >= 4 is 8.32 Å². The van der Waals surface area contributed by atoms with Gasteiger partial charge in [0, 0.05) is 6.61 Å². The molecule has 27 heavy (non-hydrogen) atoms. The van der Waals surface area contributed by atoms with Crippen LogP contribution in [0, 0.1) is 0 Å². The van der Waals surface area contributed by atoms with Crippen molar-refractivity contribution in [2.45, 2.75) is 155 Å². The zero-order chi connectivity index (χ0) is 20.1. The van der Waals surface area contributed by atoms with Gasteiger partial charge in [-0.1, -0.05) is 130 Å². The highest BCUT2D eigenvalue weighted by molar-refractivity contribution is 6.73. The van der Waals surface area contributed by atoms with Crippen LogP contribution < -0.4 is 0 Å². The zero-order valence-corrected chi connectivity index (χ0v) is 20.8. The minimum absolute atomic E-state index is 1.06. The van der Waals surface area contributed by atoms with Crippen molar-refractivity contribution in [3.63, 3.8) is 0 Å². The highest BCUT2D eigenvalue weighted by Crippen LogP contribution is 2.31. The number of rotatable bonds is 22. The van der Waals surface area contributed by atoms with Crippen LogP contribution in [0.4, 0.5) is 0 Å². The summed E-state index contributed by atoms with van der Waals surface area (Å²) in [7, 11) is -1.51. The van der Waals surface area contributed by atoms with Crippen molar-refractivity contribution in [1.82, 2.24) is 0 Å². The maximum atomic E-state index is 6.89. The Morgan fingerprint density at radius 2 is 0.741 bits per heavy atom. The van der Waals surface area contributed by atoms with E-state index in [0.29, 0.717) is 0 Å². The molecule has 0 aromatic carbocycles. The lowest BCUT2D eigenvalue weighted by Gasteiger charge is -2.32. The van der Waals surface area contributed by atoms with Crippen LogP contribution in [0.3, 0.4) is 0 Å². The number of hydrogen-bond acceptors (Lipinski definition) is 1. The zero-order valence-electron chi connectivity index (χ0n) is 19.8. The van der Waals surface area contributed by atoms with E-state index < -0.39 is 8.32 Å². The van der Waals surface area contributed by atoms with Gasteiger partial charge in [-0.2, -0.15) is 0 Å². The van der Waals surface area contributed by atoms with Gasteiger partial charge in [0.25, 0.3) is 0 Å². The van der Waals surface area contributed by atoms with E-state index >= 15 is 0 Å². The van der Waals surface area contributed by atoms with Gasteiger partial charge in [0.05, 0.1) is 0 Å². The molecule has 0 saturated heterocycles. The first-order valence-corrected chi connectivity index (χ1v) is 15.4. The molecule has 0 N–H and O–H groups in total. The molecule has 1 nitrogen and oxygen atoms in total. The molecule has 2 heteroatoms. The summed E-state index contributed by atoms with van der Waals surface area (Å²) < 4.78 is 6.89. The van der Waals surface area contributed by atoms with Crippen molar-refractivity contribution < 1.29 is 4.43 Å². The standard InChI is InChI=1S/C25H54OSi/c1-5-9-13-17-18-22-26-27(23-19-14-10-6-2,24-20-15-11-7-3)25-21-16-12-8-4/h5-25H2,1-4H3. The first-order valence-electron chi connectivity index (χ1n) is 12.9. The molecule has 0 aliphatic rings. The Kier molecular flexibility index (Phi) is 21.0. The van der Waals surface area contributed by atoms with Crippen molar-refractivity contribution in [3.05, 3.63) is 0 Å². The summed E-state index contributed by atoms with van der Waals surface area (Å²) in [5, 5.41) is 0. The van der Waals surface area contributed by atoms with E-state index in [0.717, 1.165) is 6.61 Å². The third-order valence-electron chi connectivity index (χ3n) is 6.11. The van der Waals surface area contributed by atoms with Crippen LogP contribution >= 0.6 is 0 Å². The van der Waals surface area contributed by atoms with Crippen molar-refractivity contribution in [2.24, 2.45) is 0 Å². The monoisotopic (exact) mass is 398 g/mol. The van der Waals surface area contributed by atoms with Crippen molar-refractivity contribution in [3.8, 4) is 0 Å². The number of unbranched alkanes of at least 4 members (excludes halogenated alkanes) is 13. The summed E-state index contributed by atoms with van der Waals surface area (Å²) in [5.41, 5.74) is 0. The summed E-state index contributed by atoms with van der Waals surface area (Å²) in [4.78, 5) is 0. The maximum absolute atomic E-state index is 6.89. The number of hydrogen-bond donors (Lipinski definition) is 0. The quantitative estimate of drug-likeness (QED) is 0.130. The van der Waals surface area contributed by atoms with Gasteiger partial charge in [-0.15, -0.1) is 0 Å². The fraction of sp³-hybridized carbons (Fsp3) is 1.00. The van der Waals surface area contributed by atoms with Gasteiger partial charge in [-0.05, 0) is 24.6 Å². The van der Waals surface area contributed by atoms with Crippen LogP contribution in [0.15, 0.2) is 0 Å². The van der Waals surface area contributed by atoms with Gasteiger partial charge in [0.2, 0.25) is 0 Å². The highest BCUT2D eigenvalue weighted by atomic mass is 28.4. The summed E-state index contributed by atoms with van der Waals surface area (Å²) in [5.74, 6) is 0. The molecular weight excluding hydrogens is 344 g/mol. The predicted molar refractivity (Wildman–Crippen MR) is 127 cm³/mol. The molecule has 0 heterocycles.